The second-order valence-electron chi connectivity index (χ2n) is 4.80. The number of carbonyl (C=O) groups excluding carboxylic acids is 2. The Labute approximate surface area is 129 Å². The van der Waals surface area contributed by atoms with Crippen LogP contribution in [0, 0.1) is 0 Å². The van der Waals surface area contributed by atoms with E-state index in [9.17, 15) is 14.4 Å². The number of hydrogen-bond acceptors (Lipinski definition) is 5. The largest absolute Gasteiger partial charge is 0.465 e. The number of benzene rings is 1. The van der Waals surface area contributed by atoms with Gasteiger partial charge in [0.05, 0.1) is 12.7 Å². The van der Waals surface area contributed by atoms with Crippen molar-refractivity contribution < 1.29 is 14.3 Å². The summed E-state index contributed by atoms with van der Waals surface area (Å²) >= 11 is 0. The van der Waals surface area contributed by atoms with E-state index in [1.807, 2.05) is 0 Å². The molecule has 0 aliphatic carbocycles. The molecule has 1 amide bonds. The number of pyridine rings is 1. The van der Waals surface area contributed by atoms with Crippen molar-refractivity contribution in [2.45, 2.75) is 0 Å². The molecule has 0 saturated heterocycles. The Morgan fingerprint density at radius 1 is 1.30 bits per heavy atom. The lowest BCUT2D eigenvalue weighted by Gasteiger charge is -2.12. The van der Waals surface area contributed by atoms with Gasteiger partial charge in [-0.2, -0.15) is 5.10 Å². The van der Waals surface area contributed by atoms with Crippen molar-refractivity contribution in [2.24, 2.45) is 5.73 Å². The second-order valence-corrected chi connectivity index (χ2v) is 4.80. The first-order valence-electron chi connectivity index (χ1n) is 6.60. The molecule has 0 fully saturated rings. The van der Waals surface area contributed by atoms with Crippen LogP contribution in [0.2, 0.25) is 0 Å². The Bertz CT molecular complexity index is 941. The molecule has 1 aromatic rings. The van der Waals surface area contributed by atoms with Crippen LogP contribution >= 0.6 is 0 Å². The summed E-state index contributed by atoms with van der Waals surface area (Å²) in [5.74, 6) is -1.20. The number of aromatic amines is 1. The van der Waals surface area contributed by atoms with Gasteiger partial charge in [-0.15, -0.1) is 0 Å². The van der Waals surface area contributed by atoms with E-state index >= 15 is 0 Å². The van der Waals surface area contributed by atoms with Gasteiger partial charge in [-0.25, -0.2) is 9.89 Å². The smallest absolute Gasteiger partial charge is 0.341 e. The lowest BCUT2D eigenvalue weighted by Crippen LogP contribution is -2.13. The maximum absolute atomic E-state index is 11.9. The number of fused-ring (bicyclic) bond motifs is 1. The number of H-pyrrole nitrogens is 1. The van der Waals surface area contributed by atoms with E-state index in [-0.39, 0.29) is 16.8 Å². The highest BCUT2D eigenvalue weighted by Crippen LogP contribution is 2.23. The van der Waals surface area contributed by atoms with Gasteiger partial charge in [0.1, 0.15) is 11.3 Å². The number of amides is 1. The first kappa shape index (κ1) is 14.5. The van der Waals surface area contributed by atoms with Crippen molar-refractivity contribution in [3.63, 3.8) is 0 Å². The number of hydrogen-bond donors (Lipinski definition) is 2. The van der Waals surface area contributed by atoms with Crippen LogP contribution in [0.15, 0.2) is 41.5 Å². The number of esters is 1. The Balaban J connectivity index is 2.25. The van der Waals surface area contributed by atoms with Gasteiger partial charge in [0.2, 0.25) is 5.91 Å². The first-order valence-corrected chi connectivity index (χ1v) is 6.60. The molecule has 0 atom stereocenters. The van der Waals surface area contributed by atoms with Crippen molar-refractivity contribution in [1.29, 1.82) is 0 Å². The fourth-order valence-electron chi connectivity index (χ4n) is 2.26. The van der Waals surface area contributed by atoms with Crippen molar-refractivity contribution in [3.05, 3.63) is 58.1 Å². The van der Waals surface area contributed by atoms with E-state index in [1.54, 1.807) is 24.3 Å². The molecule has 2 aliphatic rings. The summed E-state index contributed by atoms with van der Waals surface area (Å²) in [4.78, 5) is 35.1. The molecule has 23 heavy (non-hydrogen) atoms. The summed E-state index contributed by atoms with van der Waals surface area (Å²) in [5.41, 5.74) is 6.31. The van der Waals surface area contributed by atoms with Crippen LogP contribution in [0.3, 0.4) is 0 Å². The zero-order valence-electron chi connectivity index (χ0n) is 12.1. The Morgan fingerprint density at radius 3 is 2.78 bits per heavy atom. The first-order chi connectivity index (χ1) is 11.0. The average Bonchev–Trinajstić information content (AvgIpc) is 2.94. The molecule has 116 valence electrons. The van der Waals surface area contributed by atoms with E-state index in [4.69, 9.17) is 10.5 Å². The minimum atomic E-state index is -0.623. The van der Waals surface area contributed by atoms with Gasteiger partial charge in [0, 0.05) is 23.6 Å². The number of nitrogens with two attached hydrogens (primary N) is 1. The van der Waals surface area contributed by atoms with Gasteiger partial charge < -0.3 is 15.0 Å². The molecule has 0 saturated carbocycles. The fourth-order valence-corrected chi connectivity index (χ4v) is 2.26. The summed E-state index contributed by atoms with van der Waals surface area (Å²) in [6.07, 6.45) is 3.00. The van der Waals surface area contributed by atoms with E-state index < -0.39 is 17.4 Å². The molecule has 2 heterocycles. The van der Waals surface area contributed by atoms with E-state index in [2.05, 4.69) is 10.2 Å². The molecule has 0 unspecified atom stereocenters. The summed E-state index contributed by atoms with van der Waals surface area (Å²) in [7, 11) is 1.24. The Hall–Kier alpha value is -3.42. The van der Waals surface area contributed by atoms with E-state index in [1.165, 1.54) is 24.1 Å². The zero-order valence-corrected chi connectivity index (χ0v) is 12.1. The van der Waals surface area contributed by atoms with Crippen molar-refractivity contribution >= 4 is 11.9 Å². The van der Waals surface area contributed by atoms with Gasteiger partial charge >= 0.3 is 5.97 Å². The van der Waals surface area contributed by atoms with Crippen LogP contribution in [-0.2, 0) is 4.74 Å². The highest BCUT2D eigenvalue weighted by molar-refractivity contribution is 5.96. The molecule has 8 heteroatoms. The van der Waals surface area contributed by atoms with Crippen molar-refractivity contribution in [3.8, 4) is 16.9 Å². The third-order valence-electron chi connectivity index (χ3n) is 3.39. The van der Waals surface area contributed by atoms with Crippen LogP contribution < -0.4 is 11.3 Å². The number of carbonyl (C=O) groups is 2. The average molecular weight is 312 g/mol. The van der Waals surface area contributed by atoms with Gasteiger partial charge in [-0.05, 0) is 18.2 Å². The molecule has 1 aromatic carbocycles. The van der Waals surface area contributed by atoms with Crippen LogP contribution in [0.1, 0.15) is 20.7 Å². The number of ether oxygens (including phenoxy) is 1. The molecular weight excluding hydrogens is 300 g/mol. The number of aromatic nitrogens is 3. The number of primary amides is 1. The minimum Gasteiger partial charge on any atom is -0.465 e. The van der Waals surface area contributed by atoms with E-state index in [0.717, 1.165) is 0 Å². The normalized spacial score (nSPS) is 10.7. The summed E-state index contributed by atoms with van der Waals surface area (Å²) in [5, 5.41) is 6.15. The zero-order chi connectivity index (χ0) is 16.6. The number of methoxy groups -OCH3 is 1. The predicted molar refractivity (Wildman–Crippen MR) is 80.7 cm³/mol. The lowest BCUT2D eigenvalue weighted by molar-refractivity contribution is 0.0600. The summed E-state index contributed by atoms with van der Waals surface area (Å²) < 4.78 is 6.26. The third-order valence-corrected chi connectivity index (χ3v) is 3.39. The quantitative estimate of drug-likeness (QED) is 0.684. The molecule has 3 N–H and O–H groups in total. The number of nitrogens with one attached hydrogen (secondary N) is 1. The van der Waals surface area contributed by atoms with Crippen LogP contribution in [0.4, 0.5) is 0 Å². The molecule has 0 spiro atoms. The number of nitrogens with zero attached hydrogens (tertiary/aromatic N) is 2. The minimum absolute atomic E-state index is 0.132. The molecule has 2 aliphatic heterocycles. The molecule has 0 radical (unpaired) electrons. The fraction of sp³-hybridized carbons (Fsp3) is 0.0667. The maximum atomic E-state index is 11.9. The second kappa shape index (κ2) is 5.41. The van der Waals surface area contributed by atoms with Gasteiger partial charge in [-0.3, -0.25) is 9.59 Å². The van der Waals surface area contributed by atoms with Crippen LogP contribution in [0.5, 0.6) is 0 Å². The maximum Gasteiger partial charge on any atom is 0.341 e. The molecule has 0 bridgehead atoms. The third kappa shape index (κ3) is 2.46. The highest BCUT2D eigenvalue weighted by atomic mass is 16.5. The Morgan fingerprint density at radius 2 is 2.09 bits per heavy atom. The summed E-state index contributed by atoms with van der Waals surface area (Å²) in [6, 6.07) is 6.49. The number of rotatable bonds is 3. The SMILES string of the molecule is COC(=O)c1cn(-c2cccc(C(N)=O)c2)cc2c(=O)[nH]nc1-2. The van der Waals surface area contributed by atoms with Crippen molar-refractivity contribution in [2.75, 3.05) is 7.11 Å². The lowest BCUT2D eigenvalue weighted by atomic mass is 10.1. The Kier molecular flexibility index (Phi) is 3.41. The monoisotopic (exact) mass is 312 g/mol. The van der Waals surface area contributed by atoms with Gasteiger partial charge in [-0.1, -0.05) is 6.07 Å². The standard InChI is InChI=1S/C15H12N4O4/c1-23-15(22)11-7-19(6-10-12(11)17-18-14(10)21)9-4-2-3-8(5-9)13(16)20/h2-7H,1H3,(H2,16,20)(H,18,21). The topological polar surface area (TPSA) is 120 Å². The molecule has 3 rings (SSSR count). The molecular formula is C15H12N4O4. The molecule has 8 nitrogen and oxygen atoms in total. The predicted octanol–water partition coefficient (Wildman–Crippen LogP) is 0.551. The van der Waals surface area contributed by atoms with Gasteiger partial charge in [0.25, 0.3) is 5.56 Å². The van der Waals surface area contributed by atoms with Crippen molar-refractivity contribution in [1.82, 2.24) is 14.8 Å². The van der Waals surface area contributed by atoms with Crippen LogP contribution in [0.25, 0.3) is 16.9 Å². The summed E-state index contributed by atoms with van der Waals surface area (Å²) in [6.45, 7) is 0. The van der Waals surface area contributed by atoms with Gasteiger partial charge in [0.15, 0.2) is 0 Å². The highest BCUT2D eigenvalue weighted by Gasteiger charge is 2.22. The van der Waals surface area contributed by atoms with Crippen LogP contribution in [-0.4, -0.2) is 33.8 Å². The molecule has 0 aromatic heterocycles. The van der Waals surface area contributed by atoms with E-state index in [0.29, 0.717) is 11.3 Å².